The van der Waals surface area contributed by atoms with Crippen molar-refractivity contribution >= 4 is 0 Å². The first-order valence-electron chi connectivity index (χ1n) is 7.58. The summed E-state index contributed by atoms with van der Waals surface area (Å²) in [7, 11) is 0. The molecule has 0 aliphatic carbocycles. The molecule has 1 atom stereocenters. The maximum atomic E-state index is 3.79. The van der Waals surface area contributed by atoms with Crippen LogP contribution in [-0.2, 0) is 0 Å². The summed E-state index contributed by atoms with van der Waals surface area (Å²) < 4.78 is 0. The third-order valence-electron chi connectivity index (χ3n) is 3.90. The van der Waals surface area contributed by atoms with Gasteiger partial charge >= 0.3 is 0 Å². The van der Waals surface area contributed by atoms with Gasteiger partial charge in [-0.05, 0) is 44.2 Å². The minimum absolute atomic E-state index is 0.467. The quantitative estimate of drug-likeness (QED) is 0.667. The zero-order valence-electron chi connectivity index (χ0n) is 12.1. The first kappa shape index (κ1) is 15.0. The molecule has 102 valence electrons. The van der Waals surface area contributed by atoms with Crippen LogP contribution in [0.5, 0.6) is 0 Å². The summed E-state index contributed by atoms with van der Waals surface area (Å²) in [5.74, 6) is 0. The van der Waals surface area contributed by atoms with Gasteiger partial charge in [0.2, 0.25) is 0 Å². The van der Waals surface area contributed by atoms with E-state index in [1.165, 1.54) is 64.6 Å². The first-order chi connectivity index (χ1) is 8.14. The lowest BCUT2D eigenvalue weighted by Crippen LogP contribution is -2.37. The summed E-state index contributed by atoms with van der Waals surface area (Å²) in [6, 6.07) is 0.746. The van der Waals surface area contributed by atoms with Crippen molar-refractivity contribution in [3.8, 4) is 0 Å². The predicted molar refractivity (Wildman–Crippen MR) is 76.4 cm³/mol. The van der Waals surface area contributed by atoms with E-state index in [-0.39, 0.29) is 0 Å². The van der Waals surface area contributed by atoms with Crippen molar-refractivity contribution in [2.24, 2.45) is 5.41 Å². The molecule has 2 heteroatoms. The fourth-order valence-electron chi connectivity index (χ4n) is 2.59. The Labute approximate surface area is 108 Å². The molecule has 1 heterocycles. The van der Waals surface area contributed by atoms with Gasteiger partial charge in [0.15, 0.2) is 0 Å². The first-order valence-corrected chi connectivity index (χ1v) is 7.58. The van der Waals surface area contributed by atoms with Gasteiger partial charge < -0.3 is 10.6 Å². The van der Waals surface area contributed by atoms with E-state index in [0.717, 1.165) is 6.04 Å². The Hall–Kier alpha value is -0.0800. The summed E-state index contributed by atoms with van der Waals surface area (Å²) in [6.45, 7) is 10.7. The number of unbranched alkanes of at least 4 members (excludes halogenated alkanes) is 2. The molecule has 1 aliphatic rings. The van der Waals surface area contributed by atoms with Crippen molar-refractivity contribution in [2.45, 2.75) is 71.8 Å². The van der Waals surface area contributed by atoms with Crippen molar-refractivity contribution in [2.75, 3.05) is 19.6 Å². The molecule has 0 aromatic carbocycles. The van der Waals surface area contributed by atoms with Crippen LogP contribution < -0.4 is 10.6 Å². The van der Waals surface area contributed by atoms with Crippen LogP contribution in [0.1, 0.15) is 65.7 Å². The summed E-state index contributed by atoms with van der Waals surface area (Å²) in [4.78, 5) is 0. The Morgan fingerprint density at radius 1 is 1.18 bits per heavy atom. The minimum atomic E-state index is 0.467. The fraction of sp³-hybridized carbons (Fsp3) is 1.00. The van der Waals surface area contributed by atoms with Gasteiger partial charge in [0.05, 0.1) is 0 Å². The van der Waals surface area contributed by atoms with E-state index in [4.69, 9.17) is 0 Å². The maximum Gasteiger partial charge on any atom is 0.00798 e. The zero-order valence-corrected chi connectivity index (χ0v) is 12.1. The molecule has 0 amide bonds. The molecule has 2 nitrogen and oxygen atoms in total. The van der Waals surface area contributed by atoms with Crippen molar-refractivity contribution in [1.82, 2.24) is 10.6 Å². The summed E-state index contributed by atoms with van der Waals surface area (Å²) in [5.41, 5.74) is 0.467. The highest BCUT2D eigenvalue weighted by molar-refractivity contribution is 4.78. The van der Waals surface area contributed by atoms with Crippen LogP contribution in [0.25, 0.3) is 0 Å². The van der Waals surface area contributed by atoms with Gasteiger partial charge in [0.25, 0.3) is 0 Å². The van der Waals surface area contributed by atoms with Crippen LogP contribution in [0.2, 0.25) is 0 Å². The highest BCUT2D eigenvalue weighted by Crippen LogP contribution is 2.23. The third kappa shape index (κ3) is 7.05. The SMILES string of the molecule is CCCCCC(C)(C)CNC1CCCNCC1. The number of hydrogen-bond acceptors (Lipinski definition) is 2. The third-order valence-corrected chi connectivity index (χ3v) is 3.90. The van der Waals surface area contributed by atoms with Crippen LogP contribution in [0.15, 0.2) is 0 Å². The lowest BCUT2D eigenvalue weighted by molar-refractivity contribution is 0.281. The molecule has 0 saturated carbocycles. The monoisotopic (exact) mass is 240 g/mol. The molecule has 17 heavy (non-hydrogen) atoms. The predicted octanol–water partition coefficient (Wildman–Crippen LogP) is 3.32. The second-order valence-electron chi connectivity index (χ2n) is 6.38. The molecule has 2 N–H and O–H groups in total. The maximum absolute atomic E-state index is 3.79. The molecule has 0 aromatic heterocycles. The second-order valence-corrected chi connectivity index (χ2v) is 6.38. The summed E-state index contributed by atoms with van der Waals surface area (Å²) in [5, 5.41) is 7.27. The van der Waals surface area contributed by atoms with E-state index in [2.05, 4.69) is 31.4 Å². The van der Waals surface area contributed by atoms with E-state index in [0.29, 0.717) is 5.41 Å². The van der Waals surface area contributed by atoms with Gasteiger partial charge in [0.1, 0.15) is 0 Å². The second kappa shape index (κ2) is 8.10. The molecule has 0 bridgehead atoms. The Balaban J connectivity index is 2.17. The van der Waals surface area contributed by atoms with E-state index < -0.39 is 0 Å². The largest absolute Gasteiger partial charge is 0.317 e. The van der Waals surface area contributed by atoms with Gasteiger partial charge in [-0.1, -0.05) is 40.0 Å². The molecule has 1 fully saturated rings. The lowest BCUT2D eigenvalue weighted by Gasteiger charge is -2.28. The van der Waals surface area contributed by atoms with Crippen LogP contribution in [0, 0.1) is 5.41 Å². The fourth-order valence-corrected chi connectivity index (χ4v) is 2.59. The Bertz CT molecular complexity index is 181. The topological polar surface area (TPSA) is 24.1 Å². The number of hydrogen-bond donors (Lipinski definition) is 2. The van der Waals surface area contributed by atoms with Gasteiger partial charge in [-0.25, -0.2) is 0 Å². The number of rotatable bonds is 7. The minimum Gasteiger partial charge on any atom is -0.317 e. The molecule has 1 aliphatic heterocycles. The van der Waals surface area contributed by atoms with Crippen molar-refractivity contribution in [1.29, 1.82) is 0 Å². The van der Waals surface area contributed by atoms with E-state index in [1.807, 2.05) is 0 Å². The Morgan fingerprint density at radius 2 is 2.00 bits per heavy atom. The smallest absolute Gasteiger partial charge is 0.00798 e. The average Bonchev–Trinajstić information content (AvgIpc) is 2.55. The normalized spacial score (nSPS) is 22.4. The molecular formula is C15H32N2. The van der Waals surface area contributed by atoms with Crippen molar-refractivity contribution < 1.29 is 0 Å². The molecule has 1 unspecified atom stereocenters. The molecule has 0 spiro atoms. The van der Waals surface area contributed by atoms with Gasteiger partial charge in [0, 0.05) is 12.6 Å². The van der Waals surface area contributed by atoms with Crippen LogP contribution >= 0.6 is 0 Å². The number of nitrogens with one attached hydrogen (secondary N) is 2. The van der Waals surface area contributed by atoms with Crippen molar-refractivity contribution in [3.63, 3.8) is 0 Å². The zero-order chi connectivity index (χ0) is 12.6. The van der Waals surface area contributed by atoms with Crippen LogP contribution in [-0.4, -0.2) is 25.7 Å². The molecule has 0 aromatic rings. The molecular weight excluding hydrogens is 208 g/mol. The standard InChI is InChI=1S/C15H32N2/c1-4-5-6-10-15(2,3)13-17-14-8-7-11-16-12-9-14/h14,16-17H,4-13H2,1-3H3. The van der Waals surface area contributed by atoms with Gasteiger partial charge in [-0.3, -0.25) is 0 Å². The van der Waals surface area contributed by atoms with Crippen LogP contribution in [0.3, 0.4) is 0 Å². The van der Waals surface area contributed by atoms with Crippen molar-refractivity contribution in [3.05, 3.63) is 0 Å². The van der Waals surface area contributed by atoms with Crippen LogP contribution in [0.4, 0.5) is 0 Å². The van der Waals surface area contributed by atoms with Gasteiger partial charge in [-0.15, -0.1) is 0 Å². The molecule has 1 saturated heterocycles. The highest BCUT2D eigenvalue weighted by atomic mass is 14.9. The Morgan fingerprint density at radius 3 is 2.76 bits per heavy atom. The van der Waals surface area contributed by atoms with E-state index in [9.17, 15) is 0 Å². The molecule has 0 radical (unpaired) electrons. The average molecular weight is 240 g/mol. The van der Waals surface area contributed by atoms with E-state index >= 15 is 0 Å². The Kier molecular flexibility index (Phi) is 7.14. The lowest BCUT2D eigenvalue weighted by atomic mass is 9.86. The highest BCUT2D eigenvalue weighted by Gasteiger charge is 2.19. The van der Waals surface area contributed by atoms with E-state index in [1.54, 1.807) is 0 Å². The molecule has 1 rings (SSSR count). The van der Waals surface area contributed by atoms with Gasteiger partial charge in [-0.2, -0.15) is 0 Å². The summed E-state index contributed by atoms with van der Waals surface area (Å²) >= 11 is 0. The summed E-state index contributed by atoms with van der Waals surface area (Å²) in [6.07, 6.45) is 9.43.